The van der Waals surface area contributed by atoms with Crippen molar-refractivity contribution >= 4 is 33.8 Å². The Morgan fingerprint density at radius 1 is 0.933 bits per heavy atom. The molecule has 6 nitrogen and oxygen atoms in total. The maximum Gasteiger partial charge on any atom is 0.289 e. The number of hydrogen-bond acceptors (Lipinski definition) is 5. The number of furan rings is 1. The molecule has 3 aromatic rings. The summed E-state index contributed by atoms with van der Waals surface area (Å²) < 4.78 is 6.18. The fourth-order valence-corrected chi connectivity index (χ4v) is 4.85. The van der Waals surface area contributed by atoms with E-state index in [-0.39, 0.29) is 17.8 Å². The van der Waals surface area contributed by atoms with Crippen LogP contribution in [0.25, 0.3) is 22.1 Å². The Morgan fingerprint density at radius 2 is 1.63 bits per heavy atom. The van der Waals surface area contributed by atoms with Crippen molar-refractivity contribution in [2.24, 2.45) is 0 Å². The summed E-state index contributed by atoms with van der Waals surface area (Å²) in [6.45, 7) is 1.87. The lowest BCUT2D eigenvalue weighted by molar-refractivity contribution is 0.0923. The molecule has 5 rings (SSSR count). The Hall–Kier alpha value is -2.63. The summed E-state index contributed by atoms with van der Waals surface area (Å²) in [4.78, 5) is 24.9. The molecule has 30 heavy (non-hydrogen) atoms. The Labute approximate surface area is 177 Å². The normalized spacial score (nSPS) is 19.0. The first-order chi connectivity index (χ1) is 14.8. The summed E-state index contributed by atoms with van der Waals surface area (Å²) in [5.74, 6) is 0.867. The number of carbonyl (C=O) groups excluding carboxylic acids is 1. The molecular formula is C24H30N4O2. The van der Waals surface area contributed by atoms with Gasteiger partial charge in [-0.1, -0.05) is 50.7 Å². The van der Waals surface area contributed by atoms with Gasteiger partial charge in [0, 0.05) is 24.5 Å². The largest absolute Gasteiger partial charge is 0.450 e. The van der Waals surface area contributed by atoms with Crippen LogP contribution in [0.4, 0.5) is 5.82 Å². The number of nitrogens with one attached hydrogen (secondary N) is 1. The number of anilines is 1. The van der Waals surface area contributed by atoms with Crippen LogP contribution < -0.4 is 10.2 Å². The van der Waals surface area contributed by atoms with E-state index >= 15 is 0 Å². The molecule has 2 fully saturated rings. The fraction of sp³-hybridized carbons (Fsp3) is 0.542. The summed E-state index contributed by atoms with van der Waals surface area (Å²) in [5, 5.41) is 4.15. The highest BCUT2D eigenvalue weighted by atomic mass is 16.3. The van der Waals surface area contributed by atoms with E-state index in [1.54, 1.807) is 0 Å². The smallest absolute Gasteiger partial charge is 0.289 e. The average Bonchev–Trinajstić information content (AvgIpc) is 2.97. The van der Waals surface area contributed by atoms with Gasteiger partial charge < -0.3 is 14.6 Å². The third-order valence-corrected chi connectivity index (χ3v) is 6.50. The lowest BCUT2D eigenvalue weighted by Crippen LogP contribution is -2.36. The van der Waals surface area contributed by atoms with Crippen LogP contribution in [0.5, 0.6) is 0 Å². The summed E-state index contributed by atoms with van der Waals surface area (Å²) >= 11 is 0. The Morgan fingerprint density at radius 3 is 2.40 bits per heavy atom. The monoisotopic (exact) mass is 406 g/mol. The van der Waals surface area contributed by atoms with E-state index in [9.17, 15) is 4.79 Å². The Kier molecular flexibility index (Phi) is 5.56. The van der Waals surface area contributed by atoms with E-state index in [4.69, 9.17) is 9.40 Å². The van der Waals surface area contributed by atoms with Crippen LogP contribution >= 0.6 is 0 Å². The van der Waals surface area contributed by atoms with Crippen molar-refractivity contribution in [3.05, 3.63) is 30.1 Å². The quantitative estimate of drug-likeness (QED) is 0.605. The molecule has 3 heterocycles. The third kappa shape index (κ3) is 3.87. The van der Waals surface area contributed by atoms with Gasteiger partial charge in [-0.2, -0.15) is 0 Å². The summed E-state index contributed by atoms with van der Waals surface area (Å²) in [5.41, 5.74) is 2.23. The van der Waals surface area contributed by atoms with E-state index in [1.807, 2.05) is 24.3 Å². The summed E-state index contributed by atoms with van der Waals surface area (Å²) in [7, 11) is 0. The highest BCUT2D eigenvalue weighted by Gasteiger charge is 2.24. The molecule has 0 radical (unpaired) electrons. The third-order valence-electron chi connectivity index (χ3n) is 6.50. The van der Waals surface area contributed by atoms with E-state index in [0.29, 0.717) is 5.58 Å². The van der Waals surface area contributed by atoms with Crippen LogP contribution in [0.2, 0.25) is 0 Å². The highest BCUT2D eigenvalue weighted by molar-refractivity contribution is 6.07. The average molecular weight is 407 g/mol. The number of para-hydroxylation sites is 1. The van der Waals surface area contributed by atoms with Crippen molar-refractivity contribution in [3.8, 4) is 0 Å². The Bertz CT molecular complexity index is 1030. The van der Waals surface area contributed by atoms with Gasteiger partial charge in [0.25, 0.3) is 5.91 Å². The topological polar surface area (TPSA) is 71.3 Å². The molecule has 6 heteroatoms. The molecule has 2 aliphatic rings. The van der Waals surface area contributed by atoms with Gasteiger partial charge in [-0.05, 0) is 37.8 Å². The summed E-state index contributed by atoms with van der Waals surface area (Å²) in [6, 6.07) is 8.13. The van der Waals surface area contributed by atoms with Gasteiger partial charge in [-0.25, -0.2) is 9.97 Å². The zero-order valence-electron chi connectivity index (χ0n) is 17.5. The lowest BCUT2D eigenvalue weighted by atomic mass is 10.1. The molecule has 0 unspecified atom stereocenters. The maximum atomic E-state index is 13.1. The first kappa shape index (κ1) is 19.3. The number of hydrogen-bond donors (Lipinski definition) is 1. The number of fused-ring (bicyclic) bond motifs is 3. The molecule has 0 bridgehead atoms. The van der Waals surface area contributed by atoms with Gasteiger partial charge in [0.1, 0.15) is 11.1 Å². The lowest BCUT2D eigenvalue weighted by Gasteiger charge is -2.22. The van der Waals surface area contributed by atoms with Gasteiger partial charge in [-0.15, -0.1) is 0 Å². The molecule has 1 N–H and O–H groups in total. The molecule has 0 spiro atoms. The first-order valence-electron chi connectivity index (χ1n) is 11.5. The van der Waals surface area contributed by atoms with E-state index in [2.05, 4.69) is 15.2 Å². The van der Waals surface area contributed by atoms with Crippen molar-refractivity contribution in [3.63, 3.8) is 0 Å². The fourth-order valence-electron chi connectivity index (χ4n) is 4.85. The molecule has 1 aliphatic carbocycles. The molecule has 2 aromatic heterocycles. The van der Waals surface area contributed by atoms with Crippen molar-refractivity contribution in [1.29, 1.82) is 0 Å². The van der Waals surface area contributed by atoms with E-state index in [0.717, 1.165) is 61.1 Å². The number of carbonyl (C=O) groups is 1. The summed E-state index contributed by atoms with van der Waals surface area (Å²) in [6.07, 6.45) is 11.7. The molecule has 1 amide bonds. The number of benzene rings is 1. The molecule has 1 saturated heterocycles. The van der Waals surface area contributed by atoms with Crippen LogP contribution in [-0.4, -0.2) is 35.0 Å². The van der Waals surface area contributed by atoms with Gasteiger partial charge >= 0.3 is 0 Å². The second-order valence-electron chi connectivity index (χ2n) is 8.71. The molecule has 158 valence electrons. The molecular weight excluding hydrogens is 376 g/mol. The van der Waals surface area contributed by atoms with Gasteiger partial charge in [-0.3, -0.25) is 4.79 Å². The van der Waals surface area contributed by atoms with Crippen LogP contribution in [-0.2, 0) is 0 Å². The first-order valence-corrected chi connectivity index (χ1v) is 11.5. The zero-order valence-corrected chi connectivity index (χ0v) is 17.5. The SMILES string of the molecule is O=C(NC1CCCCCC1)c1nc(N2CCCCCC2)c2oc3ccccc3c2n1. The minimum atomic E-state index is -0.162. The Balaban J connectivity index is 1.55. The van der Waals surface area contributed by atoms with Crippen LogP contribution in [0.3, 0.4) is 0 Å². The minimum absolute atomic E-state index is 0.162. The standard InChI is InChI=1S/C24H30N4O2/c29-24(25-17-11-5-1-2-6-12-17)22-26-20-18-13-7-8-14-19(18)30-21(20)23(27-22)28-15-9-3-4-10-16-28/h7-8,13-14,17H,1-6,9-12,15-16H2,(H,25,29). The number of rotatable bonds is 3. The molecule has 1 aromatic carbocycles. The van der Waals surface area contributed by atoms with Crippen molar-refractivity contribution in [2.75, 3.05) is 18.0 Å². The molecule has 1 saturated carbocycles. The van der Waals surface area contributed by atoms with E-state index < -0.39 is 0 Å². The second-order valence-corrected chi connectivity index (χ2v) is 8.71. The molecule has 0 atom stereocenters. The van der Waals surface area contributed by atoms with E-state index in [1.165, 1.54) is 38.5 Å². The van der Waals surface area contributed by atoms with Crippen LogP contribution in [0.1, 0.15) is 74.8 Å². The van der Waals surface area contributed by atoms with Crippen LogP contribution in [0, 0.1) is 0 Å². The maximum absolute atomic E-state index is 13.1. The highest BCUT2D eigenvalue weighted by Crippen LogP contribution is 2.34. The zero-order chi connectivity index (χ0) is 20.3. The minimum Gasteiger partial charge on any atom is -0.450 e. The van der Waals surface area contributed by atoms with Crippen molar-refractivity contribution in [1.82, 2.24) is 15.3 Å². The van der Waals surface area contributed by atoms with Gasteiger partial charge in [0.05, 0.1) is 0 Å². The van der Waals surface area contributed by atoms with Gasteiger partial charge in [0.15, 0.2) is 11.4 Å². The second kappa shape index (κ2) is 8.62. The number of amides is 1. The number of nitrogens with zero attached hydrogens (tertiary/aromatic N) is 3. The van der Waals surface area contributed by atoms with Gasteiger partial charge in [0.2, 0.25) is 5.82 Å². The van der Waals surface area contributed by atoms with Crippen molar-refractivity contribution < 1.29 is 9.21 Å². The predicted molar refractivity (Wildman–Crippen MR) is 119 cm³/mol. The van der Waals surface area contributed by atoms with Crippen molar-refractivity contribution in [2.45, 2.75) is 70.3 Å². The predicted octanol–water partition coefficient (Wildman–Crippen LogP) is 5.21. The number of aromatic nitrogens is 2. The molecule has 1 aliphatic heterocycles. The van der Waals surface area contributed by atoms with Crippen LogP contribution in [0.15, 0.2) is 28.7 Å².